The van der Waals surface area contributed by atoms with Crippen LogP contribution in [0.3, 0.4) is 0 Å². The van der Waals surface area contributed by atoms with Crippen LogP contribution in [-0.4, -0.2) is 13.2 Å². The zero-order valence-electron chi connectivity index (χ0n) is 20.4. The number of ether oxygens (including phenoxy) is 2. The van der Waals surface area contributed by atoms with Crippen molar-refractivity contribution in [3.05, 3.63) is 84.9 Å². The standard InChI is InChI=1S/C32H34O2/c1-5-9-19-33-29-17-13-25-21-23(7-3)11-15-27(25)31(29)32-28-16-12-24(8-4)22-26(28)14-18-30(32)34-20-10-6-2/h7-8,11-18,21-22H,3-6,9-10,19-20H2,1-2H3. The van der Waals surface area contributed by atoms with Crippen LogP contribution in [0.25, 0.3) is 44.8 Å². The highest BCUT2D eigenvalue weighted by atomic mass is 16.5. The summed E-state index contributed by atoms with van der Waals surface area (Å²) in [6.45, 7) is 13.6. The molecule has 0 spiro atoms. The van der Waals surface area contributed by atoms with E-state index in [1.165, 1.54) is 0 Å². The van der Waals surface area contributed by atoms with Gasteiger partial charge in [-0.05, 0) is 69.8 Å². The minimum atomic E-state index is 0.692. The van der Waals surface area contributed by atoms with E-state index >= 15 is 0 Å². The van der Waals surface area contributed by atoms with Gasteiger partial charge in [0.1, 0.15) is 11.5 Å². The van der Waals surface area contributed by atoms with Crippen LogP contribution in [-0.2, 0) is 0 Å². The maximum Gasteiger partial charge on any atom is 0.127 e. The summed E-state index contributed by atoms with van der Waals surface area (Å²) in [5, 5.41) is 4.63. The minimum absolute atomic E-state index is 0.692. The van der Waals surface area contributed by atoms with Gasteiger partial charge in [0, 0.05) is 11.1 Å². The van der Waals surface area contributed by atoms with Crippen molar-refractivity contribution in [1.82, 2.24) is 0 Å². The lowest BCUT2D eigenvalue weighted by Crippen LogP contribution is -2.02. The summed E-state index contributed by atoms with van der Waals surface area (Å²) in [6, 6.07) is 21.5. The fourth-order valence-corrected chi connectivity index (χ4v) is 4.32. The molecule has 0 saturated heterocycles. The second-order valence-corrected chi connectivity index (χ2v) is 8.65. The van der Waals surface area contributed by atoms with E-state index in [0.717, 1.165) is 81.0 Å². The van der Waals surface area contributed by atoms with Gasteiger partial charge in [0.15, 0.2) is 0 Å². The molecule has 0 atom stereocenters. The van der Waals surface area contributed by atoms with E-state index in [2.05, 4.69) is 87.7 Å². The van der Waals surface area contributed by atoms with Crippen molar-refractivity contribution >= 4 is 33.7 Å². The Morgan fingerprint density at radius 1 is 0.618 bits per heavy atom. The molecular weight excluding hydrogens is 416 g/mol. The molecule has 34 heavy (non-hydrogen) atoms. The van der Waals surface area contributed by atoms with Crippen molar-refractivity contribution in [1.29, 1.82) is 0 Å². The highest BCUT2D eigenvalue weighted by Crippen LogP contribution is 2.46. The molecule has 0 aliphatic heterocycles. The third-order valence-corrected chi connectivity index (χ3v) is 6.24. The van der Waals surface area contributed by atoms with Gasteiger partial charge in [-0.1, -0.05) is 88.4 Å². The smallest absolute Gasteiger partial charge is 0.127 e. The molecule has 0 aliphatic rings. The van der Waals surface area contributed by atoms with Gasteiger partial charge in [0.25, 0.3) is 0 Å². The van der Waals surface area contributed by atoms with Crippen LogP contribution in [0.1, 0.15) is 50.7 Å². The second-order valence-electron chi connectivity index (χ2n) is 8.65. The molecule has 0 N–H and O–H groups in total. The number of hydrogen-bond acceptors (Lipinski definition) is 2. The number of unbranched alkanes of at least 4 members (excludes halogenated alkanes) is 2. The molecule has 2 nitrogen and oxygen atoms in total. The molecule has 2 heteroatoms. The van der Waals surface area contributed by atoms with Gasteiger partial charge in [0.2, 0.25) is 0 Å². The molecular formula is C32H34O2. The summed E-state index contributed by atoms with van der Waals surface area (Å²) in [7, 11) is 0. The van der Waals surface area contributed by atoms with E-state index in [9.17, 15) is 0 Å². The zero-order chi connectivity index (χ0) is 23.9. The highest BCUT2D eigenvalue weighted by Gasteiger charge is 2.19. The zero-order valence-corrected chi connectivity index (χ0v) is 20.4. The van der Waals surface area contributed by atoms with Crippen LogP contribution in [0, 0.1) is 0 Å². The molecule has 0 aliphatic carbocycles. The van der Waals surface area contributed by atoms with E-state index in [1.54, 1.807) is 0 Å². The third-order valence-electron chi connectivity index (χ3n) is 6.24. The highest BCUT2D eigenvalue weighted by molar-refractivity contribution is 6.10. The van der Waals surface area contributed by atoms with Gasteiger partial charge in [-0.25, -0.2) is 0 Å². The average molecular weight is 451 g/mol. The molecule has 4 aromatic rings. The summed E-state index contributed by atoms with van der Waals surface area (Å²) >= 11 is 0. The Labute approximate surface area is 203 Å². The number of benzene rings is 4. The maximum absolute atomic E-state index is 6.38. The first-order chi connectivity index (χ1) is 16.7. The Balaban J connectivity index is 2.02. The summed E-state index contributed by atoms with van der Waals surface area (Å²) in [5.41, 5.74) is 4.39. The van der Waals surface area contributed by atoms with Crippen LogP contribution in [0.5, 0.6) is 11.5 Å². The lowest BCUT2D eigenvalue weighted by Gasteiger charge is -2.20. The van der Waals surface area contributed by atoms with Crippen molar-refractivity contribution in [2.24, 2.45) is 0 Å². The van der Waals surface area contributed by atoms with Crippen molar-refractivity contribution in [2.75, 3.05) is 13.2 Å². The fourth-order valence-electron chi connectivity index (χ4n) is 4.32. The topological polar surface area (TPSA) is 18.5 Å². The molecule has 0 heterocycles. The number of hydrogen-bond donors (Lipinski definition) is 0. The lowest BCUT2D eigenvalue weighted by atomic mass is 9.91. The summed E-state index contributed by atoms with van der Waals surface area (Å²) < 4.78 is 12.8. The Kier molecular flexibility index (Phi) is 7.69. The van der Waals surface area contributed by atoms with Crippen LogP contribution < -0.4 is 9.47 Å². The Morgan fingerprint density at radius 2 is 1.06 bits per heavy atom. The molecule has 0 bridgehead atoms. The molecule has 0 saturated carbocycles. The minimum Gasteiger partial charge on any atom is -0.493 e. The number of fused-ring (bicyclic) bond motifs is 2. The van der Waals surface area contributed by atoms with Crippen molar-refractivity contribution in [3.8, 4) is 22.6 Å². The molecule has 0 aromatic heterocycles. The van der Waals surface area contributed by atoms with Gasteiger partial charge in [0.05, 0.1) is 13.2 Å². The van der Waals surface area contributed by atoms with Gasteiger partial charge in [-0.3, -0.25) is 0 Å². The second kappa shape index (κ2) is 11.1. The largest absolute Gasteiger partial charge is 0.493 e. The SMILES string of the molecule is C=Cc1ccc2c(-c3c(OCCCC)ccc4cc(C=C)ccc34)c(OCCCC)ccc2c1. The van der Waals surface area contributed by atoms with Crippen molar-refractivity contribution < 1.29 is 9.47 Å². The summed E-state index contributed by atoms with van der Waals surface area (Å²) in [4.78, 5) is 0. The van der Waals surface area contributed by atoms with E-state index < -0.39 is 0 Å². The third kappa shape index (κ3) is 4.87. The average Bonchev–Trinajstić information content (AvgIpc) is 2.88. The molecule has 0 radical (unpaired) electrons. The Bertz CT molecular complexity index is 1210. The predicted molar refractivity (Wildman–Crippen MR) is 148 cm³/mol. The number of rotatable bonds is 11. The summed E-state index contributed by atoms with van der Waals surface area (Å²) in [6.07, 6.45) is 8.00. The summed E-state index contributed by atoms with van der Waals surface area (Å²) in [5.74, 6) is 1.79. The van der Waals surface area contributed by atoms with Crippen LogP contribution >= 0.6 is 0 Å². The van der Waals surface area contributed by atoms with Crippen molar-refractivity contribution in [3.63, 3.8) is 0 Å². The van der Waals surface area contributed by atoms with Gasteiger partial charge in [-0.15, -0.1) is 0 Å². The molecule has 174 valence electrons. The Morgan fingerprint density at radius 3 is 1.44 bits per heavy atom. The van der Waals surface area contributed by atoms with Gasteiger partial charge < -0.3 is 9.47 Å². The lowest BCUT2D eigenvalue weighted by molar-refractivity contribution is 0.306. The normalized spacial score (nSPS) is 11.0. The molecule has 0 amide bonds. The first kappa shape index (κ1) is 23.6. The first-order valence-electron chi connectivity index (χ1n) is 12.3. The molecule has 4 aromatic carbocycles. The first-order valence-corrected chi connectivity index (χ1v) is 12.3. The monoisotopic (exact) mass is 450 g/mol. The molecule has 0 unspecified atom stereocenters. The van der Waals surface area contributed by atoms with Crippen LogP contribution in [0.15, 0.2) is 73.8 Å². The van der Waals surface area contributed by atoms with E-state index in [0.29, 0.717) is 13.2 Å². The van der Waals surface area contributed by atoms with Crippen molar-refractivity contribution in [2.45, 2.75) is 39.5 Å². The van der Waals surface area contributed by atoms with E-state index in [1.807, 2.05) is 12.2 Å². The predicted octanol–water partition coefficient (Wildman–Crippen LogP) is 9.30. The quantitative estimate of drug-likeness (QED) is 0.212. The van der Waals surface area contributed by atoms with E-state index in [-0.39, 0.29) is 0 Å². The fraction of sp³-hybridized carbons (Fsp3) is 0.250. The molecule has 4 rings (SSSR count). The maximum atomic E-state index is 6.38. The molecule has 0 fully saturated rings. The van der Waals surface area contributed by atoms with Crippen LogP contribution in [0.2, 0.25) is 0 Å². The van der Waals surface area contributed by atoms with Gasteiger partial charge >= 0.3 is 0 Å². The van der Waals surface area contributed by atoms with Crippen LogP contribution in [0.4, 0.5) is 0 Å². The Hall–Kier alpha value is -3.52. The van der Waals surface area contributed by atoms with Gasteiger partial charge in [-0.2, -0.15) is 0 Å². The van der Waals surface area contributed by atoms with E-state index in [4.69, 9.17) is 9.47 Å².